The van der Waals surface area contributed by atoms with E-state index in [4.69, 9.17) is 19.9 Å². The Morgan fingerprint density at radius 2 is 1.73 bits per heavy atom. The highest BCUT2D eigenvalue weighted by atomic mass is 16.7. The Labute approximate surface area is 175 Å². The quantitative estimate of drug-likeness (QED) is 0.578. The van der Waals surface area contributed by atoms with Gasteiger partial charge in [-0.25, -0.2) is 4.99 Å². The Morgan fingerprint density at radius 1 is 1.07 bits per heavy atom. The molecule has 0 saturated carbocycles. The summed E-state index contributed by atoms with van der Waals surface area (Å²) < 4.78 is 16.9. The molecule has 5 N–H and O–H groups in total. The van der Waals surface area contributed by atoms with E-state index in [1.165, 1.54) is 14.2 Å². The lowest BCUT2D eigenvalue weighted by Gasteiger charge is -2.48. The van der Waals surface area contributed by atoms with Gasteiger partial charge in [-0.05, 0) is 43.5 Å². The number of hydrogen-bond donors (Lipinski definition) is 3. The normalized spacial score (nSPS) is 31.8. The Morgan fingerprint density at radius 3 is 2.30 bits per heavy atom. The second-order valence-electron chi connectivity index (χ2n) is 7.97. The maximum atomic E-state index is 10.7. The van der Waals surface area contributed by atoms with E-state index >= 15 is 0 Å². The van der Waals surface area contributed by atoms with Crippen molar-refractivity contribution in [3.05, 3.63) is 41.1 Å². The number of nitrogens with two attached hydrogens (primary N) is 2. The first-order valence-electron chi connectivity index (χ1n) is 10.1. The molecule has 2 aliphatic heterocycles. The number of nitrogens with one attached hydrogen (secondary N) is 1. The van der Waals surface area contributed by atoms with Crippen molar-refractivity contribution in [2.45, 2.75) is 37.6 Å². The highest BCUT2D eigenvalue weighted by Gasteiger charge is 2.84. The zero-order chi connectivity index (χ0) is 21.6. The van der Waals surface area contributed by atoms with E-state index in [0.29, 0.717) is 12.2 Å². The van der Waals surface area contributed by atoms with Gasteiger partial charge in [-0.3, -0.25) is 5.73 Å². The predicted molar refractivity (Wildman–Crippen MR) is 106 cm³/mol. The Kier molecular flexibility index (Phi) is 4.82. The highest BCUT2D eigenvalue weighted by Crippen LogP contribution is 2.61. The van der Waals surface area contributed by atoms with Crippen LogP contribution in [0.2, 0.25) is 0 Å². The third-order valence-electron chi connectivity index (χ3n) is 7.00. The van der Waals surface area contributed by atoms with E-state index in [9.17, 15) is 10.5 Å². The molecule has 0 fully saturated rings. The molecular formula is C22H27N5O3+2. The number of methoxy groups -OCH3 is 3. The second-order valence-corrected chi connectivity index (χ2v) is 7.97. The van der Waals surface area contributed by atoms with Gasteiger partial charge in [0.05, 0.1) is 19.2 Å². The molecule has 0 unspecified atom stereocenters. The summed E-state index contributed by atoms with van der Waals surface area (Å²) in [5.74, 6) is -0.655. The molecule has 8 heteroatoms. The van der Waals surface area contributed by atoms with Gasteiger partial charge in [0.25, 0.3) is 5.84 Å². The molecule has 4 rings (SSSR count). The summed E-state index contributed by atoms with van der Waals surface area (Å²) in [6, 6.07) is 12.0. The number of nitrogens with zero attached hydrogens (tertiary/aromatic N) is 2. The Balaban J connectivity index is 2.05. The molecule has 0 aromatic heterocycles. The largest absolute Gasteiger partial charge is 0.497 e. The van der Waals surface area contributed by atoms with Crippen LogP contribution in [-0.2, 0) is 9.47 Å². The van der Waals surface area contributed by atoms with Gasteiger partial charge < -0.3 is 19.5 Å². The summed E-state index contributed by atoms with van der Waals surface area (Å²) in [5, 5.41) is 23.5. The smallest absolute Gasteiger partial charge is 0.346 e. The zero-order valence-corrected chi connectivity index (χ0v) is 17.5. The fraction of sp³-hybridized carbons (Fsp3) is 0.500. The van der Waals surface area contributed by atoms with Crippen molar-refractivity contribution in [2.75, 3.05) is 21.3 Å². The van der Waals surface area contributed by atoms with Gasteiger partial charge in [0, 0.05) is 31.8 Å². The number of fused-ring (bicyclic) bond motifs is 2. The van der Waals surface area contributed by atoms with Crippen molar-refractivity contribution in [1.82, 2.24) is 0 Å². The van der Waals surface area contributed by atoms with E-state index in [2.05, 4.69) is 22.4 Å². The molecule has 0 spiro atoms. The van der Waals surface area contributed by atoms with Crippen LogP contribution in [0.25, 0.3) is 0 Å². The number of amidine groups is 1. The summed E-state index contributed by atoms with van der Waals surface area (Å²) in [6.45, 7) is 0. The SMILES string of the molecule is COc1ccc([C@H]2[NH2+]C3=C(CCCC3)[C@@]3(C#N)C(OC)(OC)[NH+]=C(N)[C@@]23C#N)cc1. The number of nitriles is 2. The van der Waals surface area contributed by atoms with Crippen LogP contribution in [0.5, 0.6) is 5.75 Å². The average molecular weight is 409 g/mol. The molecule has 0 amide bonds. The molecule has 0 bridgehead atoms. The molecule has 3 aliphatic rings. The van der Waals surface area contributed by atoms with E-state index in [1.807, 2.05) is 24.3 Å². The van der Waals surface area contributed by atoms with Crippen LogP contribution in [0.15, 0.2) is 35.5 Å². The monoisotopic (exact) mass is 409 g/mol. The molecule has 0 saturated heterocycles. The lowest BCUT2D eigenvalue weighted by molar-refractivity contribution is -0.700. The molecule has 0 radical (unpaired) electrons. The fourth-order valence-corrected chi connectivity index (χ4v) is 5.63. The summed E-state index contributed by atoms with van der Waals surface area (Å²) in [5.41, 5.74) is 6.55. The maximum Gasteiger partial charge on any atom is 0.346 e. The third-order valence-corrected chi connectivity index (χ3v) is 7.00. The first-order valence-corrected chi connectivity index (χ1v) is 10.1. The average Bonchev–Trinajstić information content (AvgIpc) is 3.04. The lowest BCUT2D eigenvalue weighted by Crippen LogP contribution is -2.92. The van der Waals surface area contributed by atoms with Crippen molar-refractivity contribution >= 4 is 5.84 Å². The lowest BCUT2D eigenvalue weighted by atomic mass is 9.52. The summed E-state index contributed by atoms with van der Waals surface area (Å²) in [6.07, 6.45) is 3.51. The molecule has 1 aromatic carbocycles. The molecule has 1 aliphatic carbocycles. The summed E-state index contributed by atoms with van der Waals surface area (Å²) >= 11 is 0. The minimum atomic E-state index is -1.56. The van der Waals surface area contributed by atoms with Crippen LogP contribution < -0.4 is 20.8 Å². The Bertz CT molecular complexity index is 999. The van der Waals surface area contributed by atoms with Crippen molar-refractivity contribution in [3.63, 3.8) is 0 Å². The van der Waals surface area contributed by atoms with Crippen molar-refractivity contribution in [1.29, 1.82) is 10.5 Å². The number of hydrogen-bond acceptors (Lipinski definition) is 6. The minimum Gasteiger partial charge on any atom is -0.497 e. The highest BCUT2D eigenvalue weighted by molar-refractivity contribution is 5.90. The number of allylic oxidation sites excluding steroid dienone is 1. The van der Waals surface area contributed by atoms with Gasteiger partial charge in [0.1, 0.15) is 17.5 Å². The zero-order valence-electron chi connectivity index (χ0n) is 17.5. The first-order chi connectivity index (χ1) is 14.5. The van der Waals surface area contributed by atoms with Crippen molar-refractivity contribution < 1.29 is 24.5 Å². The Hall–Kier alpha value is -2.91. The van der Waals surface area contributed by atoms with E-state index in [-0.39, 0.29) is 5.84 Å². The van der Waals surface area contributed by atoms with Crippen LogP contribution in [0, 0.1) is 33.5 Å². The number of quaternary nitrogens is 1. The molecule has 1 aromatic rings. The third kappa shape index (κ3) is 2.21. The van der Waals surface area contributed by atoms with Gasteiger partial charge in [0.15, 0.2) is 0 Å². The topological polar surface area (TPSA) is 132 Å². The van der Waals surface area contributed by atoms with E-state index in [1.54, 1.807) is 7.11 Å². The van der Waals surface area contributed by atoms with Gasteiger partial charge in [-0.1, -0.05) is 0 Å². The standard InChI is InChI=1S/C22H25N5O3/c1-28-15-10-8-14(9-11-15)18-20(12-23)19(25)27-22(29-2,30-3)21(20,13-24)16-6-4-5-7-17(16)26-18/h8-11,18,26H,4-7H2,1-3H3,(H2,25,27)/p+2/t18-,20-,21-/m1/s1. The molecule has 3 atom stereocenters. The number of benzene rings is 1. The molecule has 30 heavy (non-hydrogen) atoms. The molecule has 2 heterocycles. The minimum absolute atomic E-state index is 0.185. The predicted octanol–water partition coefficient (Wildman–Crippen LogP) is -0.441. The second kappa shape index (κ2) is 7.10. The van der Waals surface area contributed by atoms with E-state index < -0.39 is 22.8 Å². The van der Waals surface area contributed by atoms with Crippen LogP contribution >= 0.6 is 0 Å². The fourth-order valence-electron chi connectivity index (χ4n) is 5.63. The number of rotatable bonds is 4. The first kappa shape index (κ1) is 20.4. The number of ether oxygens (including phenoxy) is 3. The van der Waals surface area contributed by atoms with Crippen LogP contribution in [0.4, 0.5) is 0 Å². The maximum absolute atomic E-state index is 10.7. The molecular weight excluding hydrogens is 382 g/mol. The van der Waals surface area contributed by atoms with Crippen molar-refractivity contribution in [2.24, 2.45) is 16.6 Å². The van der Waals surface area contributed by atoms with E-state index in [0.717, 1.165) is 36.1 Å². The van der Waals surface area contributed by atoms with Crippen LogP contribution in [0.3, 0.4) is 0 Å². The van der Waals surface area contributed by atoms with Gasteiger partial charge in [-0.15, -0.1) is 0 Å². The van der Waals surface area contributed by atoms with Gasteiger partial charge in [-0.2, -0.15) is 10.5 Å². The van der Waals surface area contributed by atoms with Crippen molar-refractivity contribution in [3.8, 4) is 17.9 Å². The van der Waals surface area contributed by atoms with Gasteiger partial charge in [0.2, 0.25) is 10.8 Å². The summed E-state index contributed by atoms with van der Waals surface area (Å²) in [7, 11) is 4.55. The van der Waals surface area contributed by atoms with Crippen LogP contribution in [-0.4, -0.2) is 33.1 Å². The van der Waals surface area contributed by atoms with Crippen LogP contribution in [0.1, 0.15) is 37.3 Å². The van der Waals surface area contributed by atoms with Gasteiger partial charge >= 0.3 is 5.91 Å². The molecule has 156 valence electrons. The molecule has 8 nitrogen and oxygen atoms in total. The summed E-state index contributed by atoms with van der Waals surface area (Å²) in [4.78, 5) is 3.07.